The van der Waals surface area contributed by atoms with Crippen LogP contribution < -0.4 is 4.74 Å². The van der Waals surface area contributed by atoms with Crippen LogP contribution in [-0.2, 0) is 6.42 Å². The summed E-state index contributed by atoms with van der Waals surface area (Å²) in [5, 5.41) is 0. The third-order valence-corrected chi connectivity index (χ3v) is 5.30. The van der Waals surface area contributed by atoms with Crippen molar-refractivity contribution in [2.75, 3.05) is 0 Å². The topological polar surface area (TPSA) is 9.23 Å². The van der Waals surface area contributed by atoms with Crippen LogP contribution in [0.5, 0.6) is 5.75 Å². The largest absolute Gasteiger partial charge is 0.490 e. The molecule has 17 heavy (non-hydrogen) atoms. The number of alkyl halides is 1. The molecular weight excluding hydrogens is 276 g/mol. The minimum atomic E-state index is 0.397. The van der Waals surface area contributed by atoms with Gasteiger partial charge >= 0.3 is 0 Å². The van der Waals surface area contributed by atoms with Crippen LogP contribution in [0.25, 0.3) is 0 Å². The second kappa shape index (κ2) is 4.01. The zero-order valence-corrected chi connectivity index (χ0v) is 12.1. The minimum absolute atomic E-state index is 0.397. The van der Waals surface area contributed by atoms with Gasteiger partial charge in [0.15, 0.2) is 0 Å². The molecule has 0 radical (unpaired) electrons. The number of benzene rings is 1. The average Bonchev–Trinajstić information content (AvgIpc) is 2.93. The molecule has 0 N–H and O–H groups in total. The number of ether oxygens (including phenoxy) is 1. The molecule has 1 aliphatic carbocycles. The van der Waals surface area contributed by atoms with E-state index in [1.165, 1.54) is 30.4 Å². The number of rotatable bonds is 3. The number of aryl methyl sites for hydroxylation is 1. The molecule has 0 saturated heterocycles. The Hall–Kier alpha value is -0.500. The van der Waals surface area contributed by atoms with Crippen molar-refractivity contribution in [2.45, 2.75) is 50.5 Å². The SMILES string of the molecule is Cc1ccc2c(c1)CC(CC1(C(C)Br)CC1)O2. The van der Waals surface area contributed by atoms with Crippen LogP contribution in [0.2, 0.25) is 0 Å². The van der Waals surface area contributed by atoms with Crippen LogP contribution in [0.15, 0.2) is 18.2 Å². The maximum atomic E-state index is 6.07. The van der Waals surface area contributed by atoms with Gasteiger partial charge < -0.3 is 4.74 Å². The Morgan fingerprint density at radius 3 is 2.88 bits per heavy atom. The van der Waals surface area contributed by atoms with E-state index in [0.29, 0.717) is 16.3 Å². The van der Waals surface area contributed by atoms with Crippen LogP contribution in [0.1, 0.15) is 37.3 Å². The molecule has 0 aromatic heterocycles. The van der Waals surface area contributed by atoms with E-state index in [4.69, 9.17) is 4.74 Å². The van der Waals surface area contributed by atoms with Gasteiger partial charge in [0.1, 0.15) is 11.9 Å². The quantitative estimate of drug-likeness (QED) is 0.757. The molecule has 0 amide bonds. The van der Waals surface area contributed by atoms with Gasteiger partial charge in [0, 0.05) is 11.2 Å². The Bertz CT molecular complexity index is 435. The number of fused-ring (bicyclic) bond motifs is 1. The Labute approximate surface area is 112 Å². The second-order valence-corrected chi connectivity index (χ2v) is 7.11. The molecule has 1 heterocycles. The summed E-state index contributed by atoms with van der Waals surface area (Å²) in [5.74, 6) is 1.11. The van der Waals surface area contributed by atoms with Gasteiger partial charge in [0.25, 0.3) is 0 Å². The molecule has 1 fully saturated rings. The molecule has 1 aliphatic heterocycles. The molecule has 3 rings (SSSR count). The summed E-state index contributed by atoms with van der Waals surface area (Å²) in [6.45, 7) is 4.43. The maximum Gasteiger partial charge on any atom is 0.123 e. The van der Waals surface area contributed by atoms with Crippen LogP contribution in [0.3, 0.4) is 0 Å². The van der Waals surface area contributed by atoms with E-state index < -0.39 is 0 Å². The van der Waals surface area contributed by atoms with Gasteiger partial charge in [-0.25, -0.2) is 0 Å². The highest BCUT2D eigenvalue weighted by molar-refractivity contribution is 9.09. The summed E-state index contributed by atoms with van der Waals surface area (Å²) in [6, 6.07) is 6.54. The van der Waals surface area contributed by atoms with E-state index in [1.54, 1.807) is 0 Å². The fourth-order valence-corrected chi connectivity index (χ4v) is 3.59. The molecular formula is C15H19BrO. The van der Waals surface area contributed by atoms with Gasteiger partial charge in [-0.1, -0.05) is 40.5 Å². The first-order valence-electron chi connectivity index (χ1n) is 6.49. The lowest BCUT2D eigenvalue weighted by molar-refractivity contribution is 0.186. The molecule has 1 saturated carbocycles. The zero-order chi connectivity index (χ0) is 12.0. The highest BCUT2D eigenvalue weighted by atomic mass is 79.9. The number of hydrogen-bond acceptors (Lipinski definition) is 1. The standard InChI is InChI=1S/C15H19BrO/c1-10-3-4-14-12(7-10)8-13(17-14)9-15(5-6-15)11(2)16/h3-4,7,11,13H,5-6,8-9H2,1-2H3. The fourth-order valence-electron chi connectivity index (χ4n) is 2.94. The lowest BCUT2D eigenvalue weighted by Crippen LogP contribution is -2.23. The van der Waals surface area contributed by atoms with E-state index in [2.05, 4.69) is 48.0 Å². The molecule has 92 valence electrons. The van der Waals surface area contributed by atoms with Crippen LogP contribution in [0.4, 0.5) is 0 Å². The normalized spacial score (nSPS) is 26.2. The number of halogens is 1. The third kappa shape index (κ3) is 2.12. The van der Waals surface area contributed by atoms with Crippen LogP contribution >= 0.6 is 15.9 Å². The van der Waals surface area contributed by atoms with Crippen molar-refractivity contribution in [1.82, 2.24) is 0 Å². The Morgan fingerprint density at radius 1 is 1.47 bits per heavy atom. The van der Waals surface area contributed by atoms with Crippen LogP contribution in [0, 0.1) is 12.3 Å². The molecule has 2 atom stereocenters. The zero-order valence-electron chi connectivity index (χ0n) is 10.5. The van der Waals surface area contributed by atoms with Gasteiger partial charge in [-0.2, -0.15) is 0 Å². The average molecular weight is 295 g/mol. The summed E-state index contributed by atoms with van der Waals surface area (Å²) in [4.78, 5) is 0.615. The molecule has 2 unspecified atom stereocenters. The predicted octanol–water partition coefficient (Wildman–Crippen LogP) is 4.25. The molecule has 1 nitrogen and oxygen atoms in total. The first-order valence-corrected chi connectivity index (χ1v) is 7.41. The lowest BCUT2D eigenvalue weighted by atomic mass is 9.93. The van der Waals surface area contributed by atoms with Gasteiger partial charge in [-0.05, 0) is 43.2 Å². The Morgan fingerprint density at radius 2 is 2.24 bits per heavy atom. The van der Waals surface area contributed by atoms with E-state index in [1.807, 2.05) is 0 Å². The summed E-state index contributed by atoms with van der Waals surface area (Å²) >= 11 is 3.76. The first kappa shape index (κ1) is 11.6. The van der Waals surface area contributed by atoms with Crippen LogP contribution in [-0.4, -0.2) is 10.9 Å². The summed E-state index contributed by atoms with van der Waals surface area (Å²) in [7, 11) is 0. The monoisotopic (exact) mass is 294 g/mol. The molecule has 0 bridgehead atoms. The molecule has 1 aromatic rings. The van der Waals surface area contributed by atoms with E-state index in [9.17, 15) is 0 Å². The Balaban J connectivity index is 1.70. The molecule has 0 spiro atoms. The van der Waals surface area contributed by atoms with Crippen molar-refractivity contribution in [3.63, 3.8) is 0 Å². The van der Waals surface area contributed by atoms with Crippen molar-refractivity contribution in [2.24, 2.45) is 5.41 Å². The van der Waals surface area contributed by atoms with Crippen molar-refractivity contribution < 1.29 is 4.74 Å². The van der Waals surface area contributed by atoms with Crippen molar-refractivity contribution >= 4 is 15.9 Å². The van der Waals surface area contributed by atoms with E-state index in [-0.39, 0.29) is 0 Å². The maximum absolute atomic E-state index is 6.07. The minimum Gasteiger partial charge on any atom is -0.490 e. The number of hydrogen-bond donors (Lipinski definition) is 0. The Kier molecular flexibility index (Phi) is 2.73. The molecule has 2 heteroatoms. The second-order valence-electron chi connectivity index (χ2n) is 5.74. The van der Waals surface area contributed by atoms with E-state index >= 15 is 0 Å². The van der Waals surface area contributed by atoms with Gasteiger partial charge in [0.05, 0.1) is 0 Å². The van der Waals surface area contributed by atoms with E-state index in [0.717, 1.165) is 12.2 Å². The summed E-state index contributed by atoms with van der Waals surface area (Å²) in [6.07, 6.45) is 5.41. The summed E-state index contributed by atoms with van der Waals surface area (Å²) < 4.78 is 6.07. The van der Waals surface area contributed by atoms with Gasteiger partial charge in [0.2, 0.25) is 0 Å². The van der Waals surface area contributed by atoms with Crippen molar-refractivity contribution in [3.8, 4) is 5.75 Å². The fraction of sp³-hybridized carbons (Fsp3) is 0.600. The highest BCUT2D eigenvalue weighted by Gasteiger charge is 2.48. The third-order valence-electron chi connectivity index (χ3n) is 4.33. The van der Waals surface area contributed by atoms with Crippen molar-refractivity contribution in [1.29, 1.82) is 0 Å². The smallest absolute Gasteiger partial charge is 0.123 e. The molecule has 1 aromatic carbocycles. The van der Waals surface area contributed by atoms with Crippen molar-refractivity contribution in [3.05, 3.63) is 29.3 Å². The molecule has 2 aliphatic rings. The first-order chi connectivity index (χ1) is 8.09. The highest BCUT2D eigenvalue weighted by Crippen LogP contribution is 2.56. The summed E-state index contributed by atoms with van der Waals surface area (Å²) in [5.41, 5.74) is 3.25. The predicted molar refractivity (Wildman–Crippen MR) is 74.0 cm³/mol. The lowest BCUT2D eigenvalue weighted by Gasteiger charge is -2.21. The van der Waals surface area contributed by atoms with Gasteiger partial charge in [-0.3, -0.25) is 0 Å². The van der Waals surface area contributed by atoms with Gasteiger partial charge in [-0.15, -0.1) is 0 Å².